The molecule has 2 N–H and O–H groups in total. The van der Waals surface area contributed by atoms with Crippen molar-refractivity contribution in [2.45, 2.75) is 32.2 Å². The van der Waals surface area contributed by atoms with Gasteiger partial charge in [0.15, 0.2) is 0 Å². The molecule has 0 heterocycles. The first-order valence-electron chi connectivity index (χ1n) is 7.04. The fourth-order valence-electron chi connectivity index (χ4n) is 3.12. The number of likely N-dealkylation sites (N-methyl/N-ethyl adjacent to an activating group) is 1. The maximum absolute atomic E-state index is 6.13. The van der Waals surface area contributed by atoms with E-state index in [0.29, 0.717) is 19.1 Å². The third kappa shape index (κ3) is 2.77. The molecular weight excluding hydrogens is 236 g/mol. The number of benzene rings is 1. The molecule has 1 aliphatic carbocycles. The minimum Gasteiger partial charge on any atom is -0.382 e. The highest BCUT2D eigenvalue weighted by molar-refractivity contribution is 5.53. The van der Waals surface area contributed by atoms with E-state index in [-0.39, 0.29) is 5.54 Å². The van der Waals surface area contributed by atoms with Crippen LogP contribution in [0.3, 0.4) is 0 Å². The van der Waals surface area contributed by atoms with Gasteiger partial charge in [-0.3, -0.25) is 0 Å². The van der Waals surface area contributed by atoms with E-state index in [1.54, 1.807) is 7.11 Å². The van der Waals surface area contributed by atoms with E-state index in [9.17, 15) is 0 Å². The Morgan fingerprint density at radius 1 is 1.26 bits per heavy atom. The van der Waals surface area contributed by atoms with Gasteiger partial charge < -0.3 is 15.4 Å². The van der Waals surface area contributed by atoms with Gasteiger partial charge in [0.25, 0.3) is 0 Å². The lowest BCUT2D eigenvalue weighted by molar-refractivity contribution is 0.120. The van der Waals surface area contributed by atoms with Gasteiger partial charge in [-0.25, -0.2) is 0 Å². The van der Waals surface area contributed by atoms with Crippen molar-refractivity contribution in [2.75, 3.05) is 32.2 Å². The molecule has 19 heavy (non-hydrogen) atoms. The van der Waals surface area contributed by atoms with Gasteiger partial charge >= 0.3 is 0 Å². The minimum atomic E-state index is -0.0605. The molecular formula is C16H26N2O. The van der Waals surface area contributed by atoms with E-state index in [1.165, 1.54) is 29.7 Å². The summed E-state index contributed by atoms with van der Waals surface area (Å²) in [6.45, 7) is 5.61. The summed E-state index contributed by atoms with van der Waals surface area (Å²) >= 11 is 0. The van der Waals surface area contributed by atoms with Crippen LogP contribution in [-0.2, 0) is 4.74 Å². The van der Waals surface area contributed by atoms with Crippen molar-refractivity contribution in [3.05, 3.63) is 29.3 Å². The number of ether oxygens (including phenoxy) is 1. The van der Waals surface area contributed by atoms with E-state index < -0.39 is 0 Å². The molecule has 0 radical (unpaired) electrons. The zero-order valence-corrected chi connectivity index (χ0v) is 12.6. The molecule has 3 heteroatoms. The van der Waals surface area contributed by atoms with Gasteiger partial charge in [0.1, 0.15) is 0 Å². The summed E-state index contributed by atoms with van der Waals surface area (Å²) in [7, 11) is 3.92. The number of hydrogen-bond acceptors (Lipinski definition) is 3. The topological polar surface area (TPSA) is 38.5 Å². The van der Waals surface area contributed by atoms with E-state index in [4.69, 9.17) is 10.5 Å². The average molecular weight is 262 g/mol. The minimum absolute atomic E-state index is 0.0605. The third-order valence-electron chi connectivity index (χ3n) is 4.35. The number of aryl methyl sites for hydroxylation is 2. The molecule has 0 bridgehead atoms. The van der Waals surface area contributed by atoms with Crippen molar-refractivity contribution in [1.29, 1.82) is 0 Å². The van der Waals surface area contributed by atoms with Crippen LogP contribution in [0.2, 0.25) is 0 Å². The maximum Gasteiger partial charge on any atom is 0.0781 e. The lowest BCUT2D eigenvalue weighted by atomic mass is 9.91. The number of nitrogens with zero attached hydrogens (tertiary/aromatic N) is 1. The van der Waals surface area contributed by atoms with Crippen LogP contribution >= 0.6 is 0 Å². The second-order valence-corrected chi connectivity index (χ2v) is 5.92. The lowest BCUT2D eigenvalue weighted by Gasteiger charge is -2.43. The fraction of sp³-hybridized carbons (Fsp3) is 0.625. The van der Waals surface area contributed by atoms with E-state index in [1.807, 2.05) is 0 Å². The molecule has 0 spiro atoms. The van der Waals surface area contributed by atoms with Crippen molar-refractivity contribution in [3.63, 3.8) is 0 Å². The van der Waals surface area contributed by atoms with E-state index >= 15 is 0 Å². The van der Waals surface area contributed by atoms with Crippen molar-refractivity contribution < 1.29 is 4.74 Å². The van der Waals surface area contributed by atoms with Gasteiger partial charge in [0, 0.05) is 26.4 Å². The summed E-state index contributed by atoms with van der Waals surface area (Å²) in [6, 6.07) is 6.67. The molecule has 1 aliphatic rings. The Bertz CT molecular complexity index is 422. The van der Waals surface area contributed by atoms with Crippen LogP contribution in [0.1, 0.15) is 24.0 Å². The van der Waals surface area contributed by atoms with Crippen LogP contribution in [0.5, 0.6) is 0 Å². The number of methoxy groups -OCH3 is 1. The van der Waals surface area contributed by atoms with Crippen LogP contribution in [0, 0.1) is 19.8 Å². The second kappa shape index (κ2) is 5.51. The summed E-state index contributed by atoms with van der Waals surface area (Å²) in [5.74, 6) is 0.656. The highest BCUT2D eigenvalue weighted by Crippen LogP contribution is 2.44. The van der Waals surface area contributed by atoms with Gasteiger partial charge in [0.05, 0.1) is 12.1 Å². The highest BCUT2D eigenvalue weighted by atomic mass is 16.5. The molecule has 1 fully saturated rings. The molecule has 1 saturated carbocycles. The van der Waals surface area contributed by atoms with Gasteiger partial charge in [-0.2, -0.15) is 0 Å². The maximum atomic E-state index is 6.13. The number of hydrogen-bond donors (Lipinski definition) is 1. The normalized spacial score (nSPS) is 18.2. The zero-order valence-electron chi connectivity index (χ0n) is 12.6. The smallest absolute Gasteiger partial charge is 0.0781 e. The molecule has 106 valence electrons. The summed E-state index contributed by atoms with van der Waals surface area (Å²) < 4.78 is 5.48. The SMILES string of the molecule is COCC(CN)(C1CC1)N(C)c1cc(C)cc(C)c1. The Morgan fingerprint density at radius 3 is 2.26 bits per heavy atom. The molecule has 1 aromatic carbocycles. The number of nitrogens with two attached hydrogens (primary N) is 1. The number of anilines is 1. The Morgan fingerprint density at radius 2 is 1.84 bits per heavy atom. The average Bonchev–Trinajstić information content (AvgIpc) is 3.18. The van der Waals surface area contributed by atoms with Crippen LogP contribution in [0.25, 0.3) is 0 Å². The molecule has 1 atom stereocenters. The highest BCUT2D eigenvalue weighted by Gasteiger charge is 2.47. The second-order valence-electron chi connectivity index (χ2n) is 5.92. The van der Waals surface area contributed by atoms with Gasteiger partial charge in [0.2, 0.25) is 0 Å². The van der Waals surface area contributed by atoms with Crippen LogP contribution < -0.4 is 10.6 Å². The standard InChI is InChI=1S/C16H26N2O/c1-12-7-13(2)9-15(8-12)18(3)16(10-17,11-19-4)14-5-6-14/h7-9,14H,5-6,10-11,17H2,1-4H3. The Balaban J connectivity index is 2.35. The summed E-state index contributed by atoms with van der Waals surface area (Å²) in [5, 5.41) is 0. The van der Waals surface area contributed by atoms with Crippen molar-refractivity contribution in [1.82, 2.24) is 0 Å². The first-order chi connectivity index (χ1) is 9.03. The third-order valence-corrected chi connectivity index (χ3v) is 4.35. The quantitative estimate of drug-likeness (QED) is 0.856. The molecule has 3 nitrogen and oxygen atoms in total. The Hall–Kier alpha value is -1.06. The zero-order chi connectivity index (χ0) is 14.0. The van der Waals surface area contributed by atoms with Crippen LogP contribution in [0.4, 0.5) is 5.69 Å². The van der Waals surface area contributed by atoms with Gasteiger partial charge in [-0.15, -0.1) is 0 Å². The largest absolute Gasteiger partial charge is 0.382 e. The van der Waals surface area contributed by atoms with Crippen molar-refractivity contribution in [2.24, 2.45) is 11.7 Å². The van der Waals surface area contributed by atoms with Crippen molar-refractivity contribution >= 4 is 5.69 Å². The van der Waals surface area contributed by atoms with Gasteiger partial charge in [-0.1, -0.05) is 6.07 Å². The first kappa shape index (κ1) is 14.4. The molecule has 0 amide bonds. The summed E-state index contributed by atoms with van der Waals surface area (Å²) in [4.78, 5) is 2.34. The molecule has 1 unspecified atom stereocenters. The predicted molar refractivity (Wildman–Crippen MR) is 80.7 cm³/mol. The summed E-state index contributed by atoms with van der Waals surface area (Å²) in [6.07, 6.45) is 2.52. The van der Waals surface area contributed by atoms with Gasteiger partial charge in [-0.05, 0) is 55.9 Å². The predicted octanol–water partition coefficient (Wildman–Crippen LogP) is 2.49. The lowest BCUT2D eigenvalue weighted by Crippen LogP contribution is -2.57. The molecule has 0 saturated heterocycles. The van der Waals surface area contributed by atoms with E-state index in [0.717, 1.165) is 0 Å². The molecule has 0 aromatic heterocycles. The summed E-state index contributed by atoms with van der Waals surface area (Å²) in [5.41, 5.74) is 9.89. The monoisotopic (exact) mass is 262 g/mol. The molecule has 2 rings (SSSR count). The first-order valence-corrected chi connectivity index (χ1v) is 7.04. The Labute approximate surface area is 116 Å². The fourth-order valence-corrected chi connectivity index (χ4v) is 3.12. The van der Waals surface area contributed by atoms with E-state index in [2.05, 4.69) is 44.0 Å². The van der Waals surface area contributed by atoms with Crippen molar-refractivity contribution in [3.8, 4) is 0 Å². The molecule has 0 aliphatic heterocycles. The number of rotatable bonds is 6. The Kier molecular flexibility index (Phi) is 4.16. The molecule has 1 aromatic rings. The van der Waals surface area contributed by atoms with Crippen LogP contribution in [-0.4, -0.2) is 32.8 Å². The van der Waals surface area contributed by atoms with Crippen LogP contribution in [0.15, 0.2) is 18.2 Å².